The second-order valence-electron chi connectivity index (χ2n) is 11.2. The number of rotatable bonds is 6. The van der Waals surface area contributed by atoms with E-state index in [1.165, 1.54) is 11.1 Å². The van der Waals surface area contributed by atoms with Gasteiger partial charge in [-0.25, -0.2) is 0 Å². The van der Waals surface area contributed by atoms with Gasteiger partial charge in [0.15, 0.2) is 17.2 Å². The monoisotopic (exact) mass is 532 g/mol. The van der Waals surface area contributed by atoms with Gasteiger partial charge in [-0.15, -0.1) is 0 Å². The molecule has 9 heteroatoms. The second kappa shape index (κ2) is 10.2. The molecule has 0 amide bonds. The van der Waals surface area contributed by atoms with E-state index in [4.69, 9.17) is 9.47 Å². The maximum absolute atomic E-state index is 12.9. The smallest absolute Gasteiger partial charge is 0.250 e. The molecule has 1 aromatic carbocycles. The molecule has 0 aliphatic carbocycles. The number of benzene rings is 1. The normalized spacial score (nSPS) is 20.8. The Labute approximate surface area is 227 Å². The molecule has 2 aromatic heterocycles. The van der Waals surface area contributed by atoms with Crippen LogP contribution < -0.4 is 20.5 Å². The number of piperidine rings is 1. The number of aromatic nitrogens is 2. The fraction of sp³-hybridized carbons (Fsp3) is 0.467. The molecule has 1 unspecified atom stereocenters. The van der Waals surface area contributed by atoms with Gasteiger partial charge in [0.05, 0.1) is 19.9 Å². The Morgan fingerprint density at radius 3 is 2.49 bits per heavy atom. The van der Waals surface area contributed by atoms with Crippen molar-refractivity contribution in [1.82, 2.24) is 18.9 Å². The van der Waals surface area contributed by atoms with Crippen molar-refractivity contribution < 1.29 is 14.6 Å². The number of hydrogen-bond acceptors (Lipinski definition) is 7. The van der Waals surface area contributed by atoms with E-state index in [9.17, 15) is 14.7 Å². The largest absolute Gasteiger partial charge is 0.503 e. The van der Waals surface area contributed by atoms with E-state index in [0.29, 0.717) is 42.9 Å². The number of methoxy groups -OCH3 is 2. The first kappa shape index (κ1) is 25.7. The van der Waals surface area contributed by atoms with Crippen molar-refractivity contribution in [1.29, 1.82) is 0 Å². The first-order chi connectivity index (χ1) is 18.8. The lowest BCUT2D eigenvalue weighted by Gasteiger charge is -2.43. The van der Waals surface area contributed by atoms with Crippen molar-refractivity contribution in [2.75, 3.05) is 33.9 Å². The molecule has 0 spiro atoms. The van der Waals surface area contributed by atoms with Crippen molar-refractivity contribution in [2.24, 2.45) is 13.0 Å². The Hall–Kier alpha value is -3.56. The Morgan fingerprint density at radius 1 is 0.949 bits per heavy atom. The topological polar surface area (TPSA) is 89.2 Å². The van der Waals surface area contributed by atoms with Crippen LogP contribution in [0.4, 0.5) is 0 Å². The van der Waals surface area contributed by atoms with Crippen LogP contribution in [0.1, 0.15) is 40.5 Å². The highest BCUT2D eigenvalue weighted by atomic mass is 16.5. The predicted octanol–water partition coefficient (Wildman–Crippen LogP) is 2.45. The minimum Gasteiger partial charge on any atom is -0.503 e. The molecule has 2 bridgehead atoms. The summed E-state index contributed by atoms with van der Waals surface area (Å²) in [6, 6.07) is 11.2. The van der Waals surface area contributed by atoms with Crippen molar-refractivity contribution in [3.63, 3.8) is 0 Å². The van der Waals surface area contributed by atoms with Crippen LogP contribution in [0.15, 0.2) is 46.0 Å². The lowest BCUT2D eigenvalue weighted by atomic mass is 9.83. The van der Waals surface area contributed by atoms with Gasteiger partial charge in [0.2, 0.25) is 5.43 Å². The fourth-order valence-corrected chi connectivity index (χ4v) is 6.77. The lowest BCUT2D eigenvalue weighted by Crippen LogP contribution is -2.47. The number of nitrogens with zero attached hydrogens (tertiary/aromatic N) is 4. The number of likely N-dealkylation sites (tertiary alicyclic amines) is 1. The average molecular weight is 533 g/mol. The van der Waals surface area contributed by atoms with Gasteiger partial charge in [0, 0.05) is 82.3 Å². The molecule has 0 saturated carbocycles. The molecule has 5 heterocycles. The van der Waals surface area contributed by atoms with Crippen molar-refractivity contribution in [3.8, 4) is 17.2 Å². The molecule has 1 N–H and O–H groups in total. The van der Waals surface area contributed by atoms with E-state index in [0.717, 1.165) is 56.2 Å². The summed E-state index contributed by atoms with van der Waals surface area (Å²) >= 11 is 0. The molecule has 3 aliphatic rings. The van der Waals surface area contributed by atoms with Crippen LogP contribution >= 0.6 is 0 Å². The van der Waals surface area contributed by atoms with Crippen LogP contribution in [0.25, 0.3) is 0 Å². The first-order valence-corrected chi connectivity index (χ1v) is 13.6. The molecule has 1 saturated heterocycles. The Balaban J connectivity index is 1.22. The first-order valence-electron chi connectivity index (χ1n) is 13.6. The molecule has 2 atom stereocenters. The summed E-state index contributed by atoms with van der Waals surface area (Å²) < 4.78 is 14.9. The molecule has 9 nitrogen and oxygen atoms in total. The standard InChI is InChI=1S/C30H36N4O5/c1-31-23(17-33-13-19-9-22(16-33)24-5-4-6-29(36)34(24)14-19)12-26(35)30(37)25(31)18-32-8-7-20-10-27(38-2)28(39-3)11-21(20)15-32/h4-6,10-12,19,22,37H,7-9,13-18H2,1-3H3/t19-,22?/m1/s1. The number of aromatic hydroxyl groups is 1. The summed E-state index contributed by atoms with van der Waals surface area (Å²) in [7, 11) is 5.22. The maximum atomic E-state index is 12.9. The van der Waals surface area contributed by atoms with Crippen LogP contribution in [0.5, 0.6) is 17.2 Å². The minimum atomic E-state index is -0.337. The van der Waals surface area contributed by atoms with Gasteiger partial charge in [-0.3, -0.25) is 19.4 Å². The van der Waals surface area contributed by atoms with E-state index in [1.54, 1.807) is 26.4 Å². The molecule has 3 aliphatic heterocycles. The van der Waals surface area contributed by atoms with Crippen molar-refractivity contribution in [2.45, 2.75) is 44.9 Å². The summed E-state index contributed by atoms with van der Waals surface area (Å²) in [5, 5.41) is 10.8. The minimum absolute atomic E-state index is 0.0825. The van der Waals surface area contributed by atoms with Crippen LogP contribution in [0.2, 0.25) is 0 Å². The zero-order valence-electron chi connectivity index (χ0n) is 22.9. The second-order valence-corrected chi connectivity index (χ2v) is 11.2. The van der Waals surface area contributed by atoms with Gasteiger partial charge < -0.3 is 23.7 Å². The number of fused-ring (bicyclic) bond motifs is 5. The number of ether oxygens (including phenoxy) is 2. The van der Waals surface area contributed by atoms with Gasteiger partial charge >= 0.3 is 0 Å². The van der Waals surface area contributed by atoms with E-state index in [-0.39, 0.29) is 16.7 Å². The van der Waals surface area contributed by atoms with E-state index in [1.807, 2.05) is 34.4 Å². The third kappa shape index (κ3) is 4.74. The van der Waals surface area contributed by atoms with Gasteiger partial charge in [-0.05, 0) is 48.1 Å². The van der Waals surface area contributed by atoms with E-state index < -0.39 is 0 Å². The summed E-state index contributed by atoms with van der Waals surface area (Å²) in [6.07, 6.45) is 1.94. The quantitative estimate of drug-likeness (QED) is 0.522. The lowest BCUT2D eigenvalue weighted by molar-refractivity contribution is 0.112. The van der Waals surface area contributed by atoms with Crippen LogP contribution in [0.3, 0.4) is 0 Å². The molecule has 206 valence electrons. The maximum Gasteiger partial charge on any atom is 0.250 e. The summed E-state index contributed by atoms with van der Waals surface area (Å²) in [5.41, 5.74) is 4.78. The number of hydrogen-bond donors (Lipinski definition) is 1. The SMILES string of the molecule is COc1cc2c(cc1OC)CN(Cc1c(O)c(=O)cc(CN3CC4C[C@H](C3)Cn3c4cccc3=O)n1C)CC2. The molecule has 39 heavy (non-hydrogen) atoms. The Bertz CT molecular complexity index is 1530. The highest BCUT2D eigenvalue weighted by Crippen LogP contribution is 2.36. The zero-order valence-corrected chi connectivity index (χ0v) is 22.9. The van der Waals surface area contributed by atoms with Crippen LogP contribution in [-0.4, -0.2) is 57.9 Å². The average Bonchev–Trinajstić information content (AvgIpc) is 2.93. The third-order valence-corrected chi connectivity index (χ3v) is 8.75. The highest BCUT2D eigenvalue weighted by molar-refractivity contribution is 5.48. The highest BCUT2D eigenvalue weighted by Gasteiger charge is 2.34. The molecular formula is C30H36N4O5. The van der Waals surface area contributed by atoms with Gasteiger partial charge in [0.25, 0.3) is 5.56 Å². The third-order valence-electron chi connectivity index (χ3n) is 8.75. The Morgan fingerprint density at radius 2 is 1.72 bits per heavy atom. The molecule has 0 radical (unpaired) electrons. The zero-order chi connectivity index (χ0) is 27.3. The van der Waals surface area contributed by atoms with Crippen LogP contribution in [0, 0.1) is 5.92 Å². The van der Waals surface area contributed by atoms with E-state index in [2.05, 4.69) is 15.9 Å². The summed E-state index contributed by atoms with van der Waals surface area (Å²) in [5.74, 6) is 1.98. The van der Waals surface area contributed by atoms with Gasteiger partial charge in [0.1, 0.15) is 0 Å². The Kier molecular flexibility index (Phi) is 6.72. The molecule has 1 fully saturated rings. The van der Waals surface area contributed by atoms with Gasteiger partial charge in [-0.1, -0.05) is 6.07 Å². The van der Waals surface area contributed by atoms with Gasteiger partial charge in [-0.2, -0.15) is 0 Å². The summed E-state index contributed by atoms with van der Waals surface area (Å²) in [6.45, 7) is 5.09. The molecular weight excluding hydrogens is 496 g/mol. The molecule has 6 rings (SSSR count). The summed E-state index contributed by atoms with van der Waals surface area (Å²) in [4.78, 5) is 29.9. The number of pyridine rings is 2. The predicted molar refractivity (Wildman–Crippen MR) is 148 cm³/mol. The van der Waals surface area contributed by atoms with E-state index >= 15 is 0 Å². The van der Waals surface area contributed by atoms with Crippen LogP contribution in [-0.2, 0) is 39.6 Å². The molecule has 3 aromatic rings. The fourth-order valence-electron chi connectivity index (χ4n) is 6.77. The van der Waals surface area contributed by atoms with Crippen molar-refractivity contribution in [3.05, 3.63) is 85.2 Å². The van der Waals surface area contributed by atoms with Crippen molar-refractivity contribution >= 4 is 0 Å².